The largest absolute Gasteiger partial charge is 0.484 e. The molecule has 1 aromatic rings. The molecule has 0 saturated heterocycles. The van der Waals surface area contributed by atoms with Crippen LogP contribution < -0.4 is 20.9 Å². The van der Waals surface area contributed by atoms with Crippen LogP contribution in [0.1, 0.15) is 26.2 Å². The molecular weight excluding hydrogens is 370 g/mol. The van der Waals surface area contributed by atoms with Gasteiger partial charge in [-0.25, -0.2) is 0 Å². The van der Waals surface area contributed by atoms with E-state index in [0.717, 1.165) is 17.3 Å². The Morgan fingerprint density at radius 2 is 1.86 bits per heavy atom. The lowest BCUT2D eigenvalue weighted by molar-refractivity contribution is -0.124. The minimum Gasteiger partial charge on any atom is -0.484 e. The van der Waals surface area contributed by atoms with Gasteiger partial charge in [0.25, 0.3) is 5.91 Å². The maximum absolute atomic E-state index is 11.6. The van der Waals surface area contributed by atoms with Gasteiger partial charge in [-0.1, -0.05) is 29.3 Å². The summed E-state index contributed by atoms with van der Waals surface area (Å²) in [6.07, 6.45) is 2.12. The van der Waals surface area contributed by atoms with Crippen molar-refractivity contribution in [1.82, 2.24) is 16.2 Å². The van der Waals surface area contributed by atoms with E-state index in [1.165, 1.54) is 0 Å². The SMILES string of the molecule is CCCCC(=O)NC(=S)NNC(=O)COc1ccc(Br)cc1. The van der Waals surface area contributed by atoms with Gasteiger partial charge in [0, 0.05) is 10.9 Å². The summed E-state index contributed by atoms with van der Waals surface area (Å²) in [6.45, 7) is 1.83. The van der Waals surface area contributed by atoms with Crippen LogP contribution >= 0.6 is 28.1 Å². The summed E-state index contributed by atoms with van der Waals surface area (Å²) in [6, 6.07) is 7.10. The number of benzene rings is 1. The van der Waals surface area contributed by atoms with E-state index < -0.39 is 5.91 Å². The number of nitrogens with one attached hydrogen (secondary N) is 3. The van der Waals surface area contributed by atoms with Crippen molar-refractivity contribution in [2.75, 3.05) is 6.61 Å². The first-order valence-corrected chi connectivity index (χ1v) is 7.98. The molecular formula is C14H18BrN3O3S. The van der Waals surface area contributed by atoms with Crippen LogP contribution in [0.15, 0.2) is 28.7 Å². The number of hydrogen-bond acceptors (Lipinski definition) is 4. The van der Waals surface area contributed by atoms with Crippen molar-refractivity contribution in [3.05, 3.63) is 28.7 Å². The summed E-state index contributed by atoms with van der Waals surface area (Å²) in [5, 5.41) is 2.52. The Balaban J connectivity index is 2.21. The van der Waals surface area contributed by atoms with E-state index in [1.807, 2.05) is 19.1 Å². The first-order chi connectivity index (χ1) is 10.5. The lowest BCUT2D eigenvalue weighted by atomic mass is 10.2. The number of hydrazine groups is 1. The van der Waals surface area contributed by atoms with Gasteiger partial charge in [-0.05, 0) is 42.9 Å². The molecule has 0 aromatic heterocycles. The number of carbonyl (C=O) groups excluding carboxylic acids is 2. The van der Waals surface area contributed by atoms with Crippen molar-refractivity contribution in [3.63, 3.8) is 0 Å². The Morgan fingerprint density at radius 1 is 1.18 bits per heavy atom. The monoisotopic (exact) mass is 387 g/mol. The number of halogens is 1. The van der Waals surface area contributed by atoms with Crippen LogP contribution in [0.25, 0.3) is 0 Å². The topological polar surface area (TPSA) is 79.5 Å². The maximum atomic E-state index is 11.6. The molecule has 0 bridgehead atoms. The molecule has 120 valence electrons. The molecule has 8 heteroatoms. The molecule has 3 N–H and O–H groups in total. The number of amides is 2. The predicted molar refractivity (Wildman–Crippen MR) is 91.2 cm³/mol. The molecule has 0 aliphatic rings. The quantitative estimate of drug-likeness (QED) is 0.514. The molecule has 0 unspecified atom stereocenters. The maximum Gasteiger partial charge on any atom is 0.276 e. The number of carbonyl (C=O) groups is 2. The number of unbranched alkanes of at least 4 members (excludes halogenated alkanes) is 1. The van der Waals surface area contributed by atoms with Crippen molar-refractivity contribution in [2.24, 2.45) is 0 Å². The van der Waals surface area contributed by atoms with Crippen LogP contribution in [0.4, 0.5) is 0 Å². The predicted octanol–water partition coefficient (Wildman–Crippen LogP) is 2.04. The summed E-state index contributed by atoms with van der Waals surface area (Å²) >= 11 is 8.20. The number of rotatable bonds is 6. The second kappa shape index (κ2) is 10.1. The molecule has 0 radical (unpaired) electrons. The van der Waals surface area contributed by atoms with E-state index in [4.69, 9.17) is 17.0 Å². The van der Waals surface area contributed by atoms with Crippen LogP contribution in [0.3, 0.4) is 0 Å². The smallest absolute Gasteiger partial charge is 0.276 e. The molecule has 0 fully saturated rings. The number of hydrogen-bond donors (Lipinski definition) is 3. The minimum atomic E-state index is -0.409. The van der Waals surface area contributed by atoms with Crippen molar-refractivity contribution >= 4 is 45.1 Å². The summed E-state index contributed by atoms with van der Waals surface area (Å²) < 4.78 is 6.21. The third-order valence-corrected chi connectivity index (χ3v) is 3.24. The van der Waals surface area contributed by atoms with Crippen LogP contribution in [0.5, 0.6) is 5.75 Å². The zero-order valence-corrected chi connectivity index (χ0v) is 14.6. The van der Waals surface area contributed by atoms with Crippen molar-refractivity contribution in [3.8, 4) is 5.75 Å². The van der Waals surface area contributed by atoms with Gasteiger partial charge < -0.3 is 10.1 Å². The van der Waals surface area contributed by atoms with Gasteiger partial charge in [0.1, 0.15) is 5.75 Å². The summed E-state index contributed by atoms with van der Waals surface area (Å²) in [5.41, 5.74) is 4.79. The molecule has 0 heterocycles. The Morgan fingerprint density at radius 3 is 2.50 bits per heavy atom. The minimum absolute atomic E-state index is 0.0538. The second-order valence-corrected chi connectivity index (χ2v) is 5.72. The molecule has 1 aromatic carbocycles. The fourth-order valence-electron chi connectivity index (χ4n) is 1.40. The molecule has 1 rings (SSSR count). The highest BCUT2D eigenvalue weighted by Gasteiger charge is 2.06. The molecule has 0 saturated carbocycles. The van der Waals surface area contributed by atoms with E-state index in [9.17, 15) is 9.59 Å². The molecule has 6 nitrogen and oxygen atoms in total. The lowest BCUT2D eigenvalue weighted by Gasteiger charge is -2.11. The highest BCUT2D eigenvalue weighted by Crippen LogP contribution is 2.15. The summed E-state index contributed by atoms with van der Waals surface area (Å²) in [4.78, 5) is 23.0. The molecule has 0 aliphatic heterocycles. The Hall–Kier alpha value is -1.67. The van der Waals surface area contributed by atoms with Gasteiger partial charge in [-0.15, -0.1) is 0 Å². The normalized spacial score (nSPS) is 9.73. The third-order valence-electron chi connectivity index (χ3n) is 2.51. The first kappa shape index (κ1) is 18.4. The van der Waals surface area contributed by atoms with E-state index in [2.05, 4.69) is 32.1 Å². The van der Waals surface area contributed by atoms with Crippen molar-refractivity contribution in [1.29, 1.82) is 0 Å². The number of thiocarbonyl (C=S) groups is 1. The summed E-state index contributed by atoms with van der Waals surface area (Å²) in [5.74, 6) is -0.0124. The van der Waals surface area contributed by atoms with E-state index >= 15 is 0 Å². The fraction of sp³-hybridized carbons (Fsp3) is 0.357. The van der Waals surface area contributed by atoms with Crippen LogP contribution in [0.2, 0.25) is 0 Å². The summed E-state index contributed by atoms with van der Waals surface area (Å²) in [7, 11) is 0. The second-order valence-electron chi connectivity index (χ2n) is 4.40. The van der Waals surface area contributed by atoms with Crippen LogP contribution in [0, 0.1) is 0 Å². The van der Waals surface area contributed by atoms with E-state index in [1.54, 1.807) is 12.1 Å². The van der Waals surface area contributed by atoms with Gasteiger partial charge in [0.15, 0.2) is 11.7 Å². The average Bonchev–Trinajstić information content (AvgIpc) is 2.50. The highest BCUT2D eigenvalue weighted by molar-refractivity contribution is 9.10. The third kappa shape index (κ3) is 7.94. The van der Waals surface area contributed by atoms with Crippen molar-refractivity contribution < 1.29 is 14.3 Å². The average molecular weight is 388 g/mol. The Bertz CT molecular complexity index is 523. The standard InChI is InChI=1S/C14H18BrN3O3S/c1-2-3-4-12(19)16-14(22)18-17-13(20)9-21-11-7-5-10(15)6-8-11/h5-8H,2-4,9H2,1H3,(H,17,20)(H2,16,18,19,22). The lowest BCUT2D eigenvalue weighted by Crippen LogP contribution is -2.49. The van der Waals surface area contributed by atoms with Gasteiger partial charge >= 0.3 is 0 Å². The molecule has 22 heavy (non-hydrogen) atoms. The zero-order valence-electron chi connectivity index (χ0n) is 12.1. The first-order valence-electron chi connectivity index (χ1n) is 6.78. The van der Waals surface area contributed by atoms with Crippen LogP contribution in [-0.4, -0.2) is 23.5 Å². The van der Waals surface area contributed by atoms with E-state index in [-0.39, 0.29) is 17.6 Å². The van der Waals surface area contributed by atoms with E-state index in [0.29, 0.717) is 12.2 Å². The zero-order chi connectivity index (χ0) is 16.4. The highest BCUT2D eigenvalue weighted by atomic mass is 79.9. The molecule has 2 amide bonds. The van der Waals surface area contributed by atoms with Gasteiger partial charge in [-0.2, -0.15) is 0 Å². The Kier molecular flexibility index (Phi) is 8.46. The Labute approximate surface area is 143 Å². The van der Waals surface area contributed by atoms with Crippen molar-refractivity contribution in [2.45, 2.75) is 26.2 Å². The van der Waals surface area contributed by atoms with Gasteiger partial charge in [0.2, 0.25) is 5.91 Å². The van der Waals surface area contributed by atoms with Crippen LogP contribution in [-0.2, 0) is 9.59 Å². The molecule has 0 spiro atoms. The van der Waals surface area contributed by atoms with Gasteiger partial charge in [-0.3, -0.25) is 20.4 Å². The fourth-order valence-corrected chi connectivity index (χ4v) is 1.83. The number of ether oxygens (including phenoxy) is 1. The molecule has 0 atom stereocenters. The van der Waals surface area contributed by atoms with Gasteiger partial charge in [0.05, 0.1) is 0 Å². The molecule has 0 aliphatic carbocycles.